The number of aromatic nitrogens is 1. The third-order valence-electron chi connectivity index (χ3n) is 5.26. The van der Waals surface area contributed by atoms with E-state index in [1.54, 1.807) is 0 Å². The van der Waals surface area contributed by atoms with E-state index in [1.807, 2.05) is 56.3 Å². The van der Waals surface area contributed by atoms with Crippen LogP contribution in [0.1, 0.15) is 36.6 Å². The van der Waals surface area contributed by atoms with Crippen LogP contribution in [0.5, 0.6) is 5.75 Å². The van der Waals surface area contributed by atoms with Gasteiger partial charge in [-0.25, -0.2) is 0 Å². The zero-order chi connectivity index (χ0) is 20.9. The highest BCUT2D eigenvalue weighted by atomic mass is 35.5. The van der Waals surface area contributed by atoms with Crippen molar-refractivity contribution in [2.45, 2.75) is 38.7 Å². The Morgan fingerprint density at radius 1 is 1.14 bits per heavy atom. The van der Waals surface area contributed by atoms with Crippen LogP contribution < -0.4 is 4.74 Å². The first-order valence-corrected chi connectivity index (χ1v) is 10.2. The van der Waals surface area contributed by atoms with Crippen molar-refractivity contribution in [3.8, 4) is 5.75 Å². The van der Waals surface area contributed by atoms with Crippen molar-refractivity contribution < 1.29 is 14.3 Å². The fraction of sp³-hybridized carbons (Fsp3) is 0.333. The third-order valence-corrected chi connectivity index (χ3v) is 5.53. The molecule has 0 aliphatic heterocycles. The number of esters is 1. The molecule has 1 atom stereocenters. The summed E-state index contributed by atoms with van der Waals surface area (Å²) in [6, 6.07) is 17.8. The van der Waals surface area contributed by atoms with E-state index >= 15 is 0 Å². The van der Waals surface area contributed by atoms with Gasteiger partial charge >= 0.3 is 5.97 Å². The molecule has 0 saturated heterocycles. The summed E-state index contributed by atoms with van der Waals surface area (Å²) in [5.41, 5.74) is 3.20. The van der Waals surface area contributed by atoms with Crippen molar-refractivity contribution in [3.05, 3.63) is 71.4 Å². The number of nitrogens with zero attached hydrogens (tertiary/aromatic N) is 1. The number of carbonyl (C=O) groups is 1. The van der Waals surface area contributed by atoms with Gasteiger partial charge in [0.25, 0.3) is 0 Å². The molecular weight excluding hydrogens is 386 g/mol. The molecule has 5 heteroatoms. The summed E-state index contributed by atoms with van der Waals surface area (Å²) in [5, 5.41) is 1.09. The average molecular weight is 412 g/mol. The van der Waals surface area contributed by atoms with E-state index in [0.717, 1.165) is 39.9 Å². The van der Waals surface area contributed by atoms with Gasteiger partial charge in [-0.1, -0.05) is 30.3 Å². The molecule has 0 N–H and O–H groups in total. The lowest BCUT2D eigenvalue weighted by molar-refractivity contribution is -0.147. The van der Waals surface area contributed by atoms with Gasteiger partial charge in [0, 0.05) is 22.5 Å². The fourth-order valence-corrected chi connectivity index (χ4v) is 3.74. The summed E-state index contributed by atoms with van der Waals surface area (Å²) in [6.07, 6.45) is 1.37. The molecule has 29 heavy (non-hydrogen) atoms. The van der Waals surface area contributed by atoms with Gasteiger partial charge in [0.15, 0.2) is 0 Å². The van der Waals surface area contributed by atoms with Crippen LogP contribution in [0.15, 0.2) is 54.6 Å². The first-order valence-electron chi connectivity index (χ1n) is 9.71. The summed E-state index contributed by atoms with van der Waals surface area (Å²) < 4.78 is 11.1. The van der Waals surface area contributed by atoms with Crippen LogP contribution in [0.2, 0.25) is 0 Å². The molecule has 0 aliphatic rings. The summed E-state index contributed by atoms with van der Waals surface area (Å²) in [5.74, 6) is 1.000. The number of alkyl halides is 1. The minimum atomic E-state index is -0.722. The summed E-state index contributed by atoms with van der Waals surface area (Å²) >= 11 is 5.84. The molecule has 152 valence electrons. The maximum Gasteiger partial charge on any atom is 0.315 e. The van der Waals surface area contributed by atoms with Crippen LogP contribution in [0.4, 0.5) is 0 Å². The largest absolute Gasteiger partial charge is 0.489 e. The summed E-state index contributed by atoms with van der Waals surface area (Å²) in [6.45, 7) is 4.33. The second-order valence-electron chi connectivity index (χ2n) is 7.37. The number of rotatable bonds is 8. The number of benzene rings is 2. The molecule has 0 amide bonds. The minimum Gasteiger partial charge on any atom is -0.489 e. The first-order chi connectivity index (χ1) is 14.0. The number of halogens is 1. The number of ether oxygens (including phenoxy) is 2. The van der Waals surface area contributed by atoms with E-state index in [4.69, 9.17) is 21.1 Å². The Balaban J connectivity index is 1.78. The summed E-state index contributed by atoms with van der Waals surface area (Å²) in [7, 11) is 1.42. The van der Waals surface area contributed by atoms with E-state index in [-0.39, 0.29) is 5.97 Å². The van der Waals surface area contributed by atoms with Crippen molar-refractivity contribution in [2.75, 3.05) is 13.0 Å². The predicted octanol–water partition coefficient (Wildman–Crippen LogP) is 5.57. The van der Waals surface area contributed by atoms with E-state index in [0.29, 0.717) is 18.9 Å². The molecule has 0 saturated carbocycles. The topological polar surface area (TPSA) is 48.4 Å². The maximum absolute atomic E-state index is 12.4. The van der Waals surface area contributed by atoms with Gasteiger partial charge in [-0.15, -0.1) is 11.6 Å². The molecule has 3 aromatic rings. The van der Waals surface area contributed by atoms with Crippen LogP contribution in [0.3, 0.4) is 0 Å². The lowest BCUT2D eigenvalue weighted by atomic mass is 9.78. The number of para-hydroxylation sites is 1. The Hall–Kier alpha value is -2.59. The van der Waals surface area contributed by atoms with Gasteiger partial charge in [-0.2, -0.15) is 0 Å². The van der Waals surface area contributed by atoms with E-state index in [2.05, 4.69) is 17.1 Å². The molecule has 1 aromatic heterocycles. The number of aryl methyl sites for hydroxylation is 1. The Labute approximate surface area is 176 Å². The molecule has 0 fully saturated rings. The van der Waals surface area contributed by atoms with Crippen molar-refractivity contribution in [1.29, 1.82) is 0 Å². The third kappa shape index (κ3) is 4.70. The number of fused-ring (bicyclic) bond motifs is 1. The Morgan fingerprint density at radius 3 is 2.55 bits per heavy atom. The molecule has 0 spiro atoms. The minimum absolute atomic E-state index is 0.255. The number of pyridine rings is 1. The average Bonchev–Trinajstić information content (AvgIpc) is 2.75. The Bertz CT molecular complexity index is 987. The lowest BCUT2D eigenvalue weighted by Crippen LogP contribution is -2.33. The second-order valence-corrected chi connectivity index (χ2v) is 7.75. The molecular formula is C24H26ClNO3. The van der Waals surface area contributed by atoms with Crippen LogP contribution in [-0.4, -0.2) is 23.9 Å². The molecule has 1 unspecified atom stereocenters. The van der Waals surface area contributed by atoms with Crippen molar-refractivity contribution in [2.24, 2.45) is 0 Å². The van der Waals surface area contributed by atoms with E-state index in [1.165, 1.54) is 7.11 Å². The molecule has 0 aliphatic carbocycles. The maximum atomic E-state index is 12.4. The van der Waals surface area contributed by atoms with Gasteiger partial charge in [-0.05, 0) is 56.5 Å². The lowest BCUT2D eigenvalue weighted by Gasteiger charge is -2.27. The van der Waals surface area contributed by atoms with Crippen LogP contribution in [-0.2, 0) is 21.6 Å². The van der Waals surface area contributed by atoms with Gasteiger partial charge in [0.2, 0.25) is 0 Å². The smallest absolute Gasteiger partial charge is 0.315 e. The van der Waals surface area contributed by atoms with Crippen LogP contribution in [0, 0.1) is 6.92 Å². The number of carbonyl (C=O) groups excluding carboxylic acids is 1. The number of hydrogen-bond donors (Lipinski definition) is 0. The van der Waals surface area contributed by atoms with Crippen LogP contribution in [0.25, 0.3) is 10.9 Å². The Morgan fingerprint density at radius 2 is 1.86 bits per heavy atom. The van der Waals surface area contributed by atoms with Gasteiger partial charge in [-0.3, -0.25) is 9.78 Å². The van der Waals surface area contributed by atoms with Crippen LogP contribution >= 0.6 is 11.6 Å². The highest BCUT2D eigenvalue weighted by Gasteiger charge is 2.35. The highest BCUT2D eigenvalue weighted by Crippen LogP contribution is 2.32. The highest BCUT2D eigenvalue weighted by molar-refractivity contribution is 6.17. The number of hydrogen-bond acceptors (Lipinski definition) is 4. The number of methoxy groups -OCH3 is 1. The molecule has 0 bridgehead atoms. The monoisotopic (exact) mass is 411 g/mol. The summed E-state index contributed by atoms with van der Waals surface area (Å²) in [4.78, 5) is 17.0. The van der Waals surface area contributed by atoms with Gasteiger partial charge in [0.1, 0.15) is 12.4 Å². The Kier molecular flexibility index (Phi) is 6.75. The van der Waals surface area contributed by atoms with Gasteiger partial charge in [0.05, 0.1) is 18.0 Å². The molecule has 4 nitrogen and oxygen atoms in total. The molecule has 2 aromatic carbocycles. The molecule has 1 heterocycles. The molecule has 3 rings (SSSR count). The zero-order valence-electron chi connectivity index (χ0n) is 17.1. The zero-order valence-corrected chi connectivity index (χ0v) is 17.8. The van der Waals surface area contributed by atoms with E-state index < -0.39 is 5.41 Å². The van der Waals surface area contributed by atoms with Crippen molar-refractivity contribution in [1.82, 2.24) is 4.98 Å². The van der Waals surface area contributed by atoms with Gasteiger partial charge < -0.3 is 9.47 Å². The SMILES string of the molecule is COC(=O)C(C)(CCCCl)c1ccc(OCc2cc(C)nc3ccccc23)cc1. The standard InChI is InChI=1S/C24H26ClNO3/c1-17-15-18(21-7-4-5-8-22(21)26-17)16-29-20-11-9-19(10-12-20)24(2,13-6-14-25)23(27)28-3/h4-5,7-12,15H,6,13-14,16H2,1-3H3. The fourth-order valence-electron chi connectivity index (χ4n) is 3.60. The quantitative estimate of drug-likeness (QED) is 0.359. The predicted molar refractivity (Wildman–Crippen MR) is 117 cm³/mol. The van der Waals surface area contributed by atoms with Crippen molar-refractivity contribution in [3.63, 3.8) is 0 Å². The van der Waals surface area contributed by atoms with Crippen molar-refractivity contribution >= 4 is 28.5 Å². The molecule has 0 radical (unpaired) electrons. The first kappa shape index (κ1) is 21.1. The van der Waals surface area contributed by atoms with E-state index in [9.17, 15) is 4.79 Å². The second kappa shape index (κ2) is 9.27. The normalized spacial score (nSPS) is 13.1.